The third-order valence-corrected chi connectivity index (χ3v) is 8.99. The van der Waals surface area contributed by atoms with Gasteiger partial charge >= 0.3 is 0 Å². The van der Waals surface area contributed by atoms with Crippen LogP contribution < -0.4 is 4.72 Å². The van der Waals surface area contributed by atoms with Crippen LogP contribution in [0, 0.1) is 13.8 Å². The number of nitrogens with one attached hydrogen (secondary N) is 1. The number of rotatable bonds is 5. The van der Waals surface area contributed by atoms with Crippen LogP contribution in [0.25, 0.3) is 28.0 Å². The predicted molar refractivity (Wildman–Crippen MR) is 155 cm³/mol. The lowest BCUT2D eigenvalue weighted by Crippen LogP contribution is -2.31. The molecule has 0 atom stereocenters. The number of benzene rings is 3. The number of aromatic nitrogens is 2. The fraction of sp³-hybridized carbons (Fsp3) is 0.194. The first-order valence-electron chi connectivity index (χ1n) is 13.0. The predicted octanol–water partition coefficient (Wildman–Crippen LogP) is 6.80. The normalized spacial score (nSPS) is 13.4. The molecule has 6 rings (SSSR count). The number of sulfonamides is 1. The fourth-order valence-corrected chi connectivity index (χ4v) is 6.52. The highest BCUT2D eigenvalue weighted by atomic mass is 35.5. The van der Waals surface area contributed by atoms with Gasteiger partial charge in [-0.05, 0) is 68.5 Å². The van der Waals surface area contributed by atoms with Crippen LogP contribution in [0.1, 0.15) is 40.0 Å². The summed E-state index contributed by atoms with van der Waals surface area (Å²) in [6.07, 6.45) is 4.69. The lowest BCUT2D eigenvalue weighted by molar-refractivity contribution is 0.0976. The fourth-order valence-electron chi connectivity index (χ4n) is 5.44. The number of carbonyl (C=O) groups excluding carboxylic acids is 1. The number of hydrogen-bond donors (Lipinski definition) is 1. The van der Waals surface area contributed by atoms with Crippen LogP contribution in [0.4, 0.5) is 0 Å². The van der Waals surface area contributed by atoms with E-state index in [4.69, 9.17) is 11.6 Å². The summed E-state index contributed by atoms with van der Waals surface area (Å²) in [5, 5.41) is 0.650. The van der Waals surface area contributed by atoms with Crippen LogP contribution >= 0.6 is 11.6 Å². The van der Waals surface area contributed by atoms with E-state index >= 15 is 0 Å². The Bertz CT molecular complexity index is 1820. The third-order valence-electron chi connectivity index (χ3n) is 7.39. The highest BCUT2D eigenvalue weighted by Gasteiger charge is 2.31. The van der Waals surface area contributed by atoms with Crippen LogP contribution in [0.2, 0.25) is 5.02 Å². The van der Waals surface area contributed by atoms with Gasteiger partial charge in [-0.2, -0.15) is 0 Å². The quantitative estimate of drug-likeness (QED) is 0.258. The van der Waals surface area contributed by atoms with Gasteiger partial charge in [-0.25, -0.2) is 13.1 Å². The Hall–Kier alpha value is -3.81. The number of imidazole rings is 1. The Balaban J connectivity index is 1.58. The molecule has 0 bridgehead atoms. The molecule has 3 aromatic carbocycles. The summed E-state index contributed by atoms with van der Waals surface area (Å²) in [5.74, 6) is -0.659. The molecular weight excluding hydrogens is 530 g/mol. The highest BCUT2D eigenvalue weighted by Crippen LogP contribution is 2.39. The maximum atomic E-state index is 14.0. The van der Waals surface area contributed by atoms with Crippen molar-refractivity contribution in [3.05, 3.63) is 106 Å². The van der Waals surface area contributed by atoms with E-state index in [9.17, 15) is 13.2 Å². The summed E-state index contributed by atoms with van der Waals surface area (Å²) >= 11 is 6.16. The van der Waals surface area contributed by atoms with E-state index in [1.807, 2.05) is 73.0 Å². The van der Waals surface area contributed by atoms with E-state index in [1.165, 1.54) is 12.1 Å². The molecule has 0 aliphatic carbocycles. The minimum Gasteiger partial charge on any atom is -0.325 e. The zero-order chi connectivity index (χ0) is 27.3. The van der Waals surface area contributed by atoms with Crippen molar-refractivity contribution in [3.63, 3.8) is 0 Å². The Labute approximate surface area is 232 Å². The van der Waals surface area contributed by atoms with E-state index in [1.54, 1.807) is 12.1 Å². The summed E-state index contributed by atoms with van der Waals surface area (Å²) < 4.78 is 33.0. The van der Waals surface area contributed by atoms with Crippen LogP contribution in [0.15, 0.2) is 83.9 Å². The molecule has 1 N–H and O–H groups in total. The molecule has 0 unspecified atom stereocenters. The summed E-state index contributed by atoms with van der Waals surface area (Å²) in [4.78, 5) is 14.0. The van der Waals surface area contributed by atoms with Gasteiger partial charge in [-0.1, -0.05) is 71.3 Å². The van der Waals surface area contributed by atoms with Crippen LogP contribution in [-0.2, 0) is 23.0 Å². The molecule has 0 saturated heterocycles. The van der Waals surface area contributed by atoms with Crippen molar-refractivity contribution in [2.24, 2.45) is 0 Å². The van der Waals surface area contributed by atoms with Gasteiger partial charge in [0, 0.05) is 28.9 Å². The number of hydrogen-bond acceptors (Lipinski definition) is 3. The summed E-state index contributed by atoms with van der Waals surface area (Å²) in [5.41, 5.74) is 7.93. The Morgan fingerprint density at radius 3 is 2.13 bits per heavy atom. The zero-order valence-electron chi connectivity index (χ0n) is 21.7. The number of carbonyl (C=O) groups is 1. The van der Waals surface area contributed by atoms with Crippen molar-refractivity contribution in [2.45, 2.75) is 44.6 Å². The summed E-state index contributed by atoms with van der Waals surface area (Å²) in [7, 11) is -4.08. The Morgan fingerprint density at radius 2 is 1.46 bits per heavy atom. The topological polar surface area (TPSA) is 72.6 Å². The molecule has 0 spiro atoms. The van der Waals surface area contributed by atoms with Crippen molar-refractivity contribution in [1.82, 2.24) is 13.7 Å². The van der Waals surface area contributed by atoms with Crippen molar-refractivity contribution >= 4 is 33.2 Å². The number of nitrogens with zero attached hydrogens (tertiary/aromatic N) is 2. The molecule has 198 valence electrons. The molecule has 1 aliphatic rings. The third kappa shape index (κ3) is 4.56. The second-order valence-electron chi connectivity index (χ2n) is 10.1. The molecular formula is C31H28ClN3O3S. The second-order valence-corrected chi connectivity index (χ2v) is 12.3. The standard InChI is InChI=1S/C31H28ClN3O3S/c1-20-6-10-23(11-7-20)28-26-5-3-4-18-34-27(22-12-14-24(32)15-13-22)19-35(31(26)34)29(28)30(36)33-39(37,38)25-16-8-21(2)9-17-25/h6-17,19H,3-5,18H2,1-2H3,(H,33,36). The van der Waals surface area contributed by atoms with Gasteiger partial charge in [0.15, 0.2) is 0 Å². The van der Waals surface area contributed by atoms with Gasteiger partial charge < -0.3 is 4.57 Å². The van der Waals surface area contributed by atoms with E-state index in [0.717, 1.165) is 70.5 Å². The number of halogens is 1. The van der Waals surface area contributed by atoms with Crippen LogP contribution in [0.5, 0.6) is 0 Å². The van der Waals surface area contributed by atoms with Crippen LogP contribution in [-0.4, -0.2) is 23.3 Å². The molecule has 3 heterocycles. The Morgan fingerprint density at radius 1 is 0.846 bits per heavy atom. The molecule has 1 amide bonds. The molecule has 2 aromatic heterocycles. The molecule has 6 nitrogen and oxygen atoms in total. The molecule has 39 heavy (non-hydrogen) atoms. The minimum atomic E-state index is -4.08. The molecule has 1 aliphatic heterocycles. The lowest BCUT2D eigenvalue weighted by Gasteiger charge is -2.11. The zero-order valence-corrected chi connectivity index (χ0v) is 23.3. The first kappa shape index (κ1) is 25.5. The van der Waals surface area contributed by atoms with Crippen molar-refractivity contribution in [3.8, 4) is 22.4 Å². The average molecular weight is 558 g/mol. The van der Waals surface area contributed by atoms with E-state index in [2.05, 4.69) is 9.29 Å². The minimum absolute atomic E-state index is 0.0481. The maximum absolute atomic E-state index is 14.0. The monoisotopic (exact) mass is 557 g/mol. The molecule has 5 aromatic rings. The summed E-state index contributed by atoms with van der Waals surface area (Å²) in [6, 6.07) is 22.1. The average Bonchev–Trinajstić information content (AvgIpc) is 3.32. The van der Waals surface area contributed by atoms with Gasteiger partial charge in [-0.15, -0.1) is 0 Å². The summed E-state index contributed by atoms with van der Waals surface area (Å²) in [6.45, 7) is 4.69. The van der Waals surface area contributed by atoms with E-state index in [-0.39, 0.29) is 4.90 Å². The molecule has 0 radical (unpaired) electrons. The smallest absolute Gasteiger partial charge is 0.282 e. The van der Waals surface area contributed by atoms with Crippen LogP contribution in [0.3, 0.4) is 0 Å². The van der Waals surface area contributed by atoms with Crippen molar-refractivity contribution in [2.75, 3.05) is 0 Å². The second kappa shape index (κ2) is 9.74. The van der Waals surface area contributed by atoms with Gasteiger partial charge in [0.25, 0.3) is 15.9 Å². The van der Waals surface area contributed by atoms with Gasteiger partial charge in [0.2, 0.25) is 0 Å². The van der Waals surface area contributed by atoms with E-state index < -0.39 is 15.9 Å². The highest BCUT2D eigenvalue weighted by molar-refractivity contribution is 7.90. The molecule has 8 heteroatoms. The SMILES string of the molecule is Cc1ccc(-c2c3c4n(c(-c5ccc(Cl)cc5)cn4c2C(=O)NS(=O)(=O)c2ccc(C)cc2)CCCC3)cc1. The maximum Gasteiger partial charge on any atom is 0.282 e. The number of aryl methyl sites for hydroxylation is 4. The van der Waals surface area contributed by atoms with Gasteiger partial charge in [-0.3, -0.25) is 9.20 Å². The largest absolute Gasteiger partial charge is 0.325 e. The number of amides is 1. The van der Waals surface area contributed by atoms with E-state index in [0.29, 0.717) is 10.7 Å². The van der Waals surface area contributed by atoms with Crippen molar-refractivity contribution < 1.29 is 13.2 Å². The van der Waals surface area contributed by atoms with Gasteiger partial charge in [0.05, 0.1) is 10.6 Å². The van der Waals surface area contributed by atoms with Crippen molar-refractivity contribution in [1.29, 1.82) is 0 Å². The first-order valence-corrected chi connectivity index (χ1v) is 14.8. The molecule has 0 fully saturated rings. The lowest BCUT2D eigenvalue weighted by atomic mass is 9.97. The first-order chi connectivity index (χ1) is 18.7. The van der Waals surface area contributed by atoms with Gasteiger partial charge in [0.1, 0.15) is 11.3 Å². The Kier molecular flexibility index (Phi) is 6.36. The molecule has 0 saturated carbocycles.